The van der Waals surface area contributed by atoms with Gasteiger partial charge < -0.3 is 9.53 Å². The number of halogens is 1. The number of hydrogen-bond donors (Lipinski definition) is 0. The summed E-state index contributed by atoms with van der Waals surface area (Å²) in [6, 6.07) is 4.60. The molecule has 0 saturated carbocycles. The van der Waals surface area contributed by atoms with Crippen molar-refractivity contribution in [2.75, 3.05) is 7.11 Å². The number of carbonyl (C=O) groups is 1. The molecule has 1 unspecified atom stereocenters. The van der Waals surface area contributed by atoms with Crippen molar-refractivity contribution in [3.05, 3.63) is 35.1 Å². The SMILES string of the molecule is COC(C=O)c1cccc(F)c1C. The standard InChI is InChI=1S/C10H11FO2/c1-7-8(10(6-12)13-2)4-3-5-9(7)11/h3-6,10H,1-2H3. The summed E-state index contributed by atoms with van der Waals surface area (Å²) in [4.78, 5) is 10.6. The zero-order chi connectivity index (χ0) is 9.84. The minimum atomic E-state index is -0.671. The largest absolute Gasteiger partial charge is 0.369 e. The molecular weight excluding hydrogens is 171 g/mol. The van der Waals surface area contributed by atoms with Crippen LogP contribution in [0.1, 0.15) is 17.2 Å². The summed E-state index contributed by atoms with van der Waals surface area (Å²) in [6.45, 7) is 1.63. The lowest BCUT2D eigenvalue weighted by Gasteiger charge is -2.11. The molecule has 0 bridgehead atoms. The van der Waals surface area contributed by atoms with Crippen LogP contribution in [-0.4, -0.2) is 13.4 Å². The Kier molecular flexibility index (Phi) is 3.14. The van der Waals surface area contributed by atoms with E-state index in [0.717, 1.165) is 0 Å². The lowest BCUT2D eigenvalue weighted by Crippen LogP contribution is -2.05. The molecule has 1 aromatic rings. The smallest absolute Gasteiger partial charge is 0.153 e. The quantitative estimate of drug-likeness (QED) is 0.668. The van der Waals surface area contributed by atoms with Gasteiger partial charge in [0.25, 0.3) is 0 Å². The molecule has 2 nitrogen and oxygen atoms in total. The van der Waals surface area contributed by atoms with Gasteiger partial charge in [-0.05, 0) is 24.1 Å². The Labute approximate surface area is 76.3 Å². The van der Waals surface area contributed by atoms with Gasteiger partial charge in [0.15, 0.2) is 6.29 Å². The predicted molar refractivity (Wildman–Crippen MR) is 47.0 cm³/mol. The van der Waals surface area contributed by atoms with E-state index in [-0.39, 0.29) is 5.82 Å². The van der Waals surface area contributed by atoms with Crippen molar-refractivity contribution in [3.8, 4) is 0 Å². The Hall–Kier alpha value is -1.22. The zero-order valence-electron chi connectivity index (χ0n) is 7.58. The molecule has 0 aromatic heterocycles. The normalized spacial score (nSPS) is 12.5. The zero-order valence-corrected chi connectivity index (χ0v) is 7.58. The van der Waals surface area contributed by atoms with Gasteiger partial charge in [0.2, 0.25) is 0 Å². The minimum absolute atomic E-state index is 0.318. The molecule has 0 aliphatic heterocycles. The highest BCUT2D eigenvalue weighted by Crippen LogP contribution is 2.20. The molecule has 0 amide bonds. The van der Waals surface area contributed by atoms with Crippen LogP contribution < -0.4 is 0 Å². The summed E-state index contributed by atoms with van der Waals surface area (Å²) in [6.07, 6.45) is -0.0161. The van der Waals surface area contributed by atoms with Crippen molar-refractivity contribution < 1.29 is 13.9 Å². The molecule has 0 aliphatic carbocycles. The van der Waals surface area contributed by atoms with E-state index in [0.29, 0.717) is 17.4 Å². The highest BCUT2D eigenvalue weighted by atomic mass is 19.1. The maximum atomic E-state index is 13.0. The van der Waals surface area contributed by atoms with Crippen molar-refractivity contribution >= 4 is 6.29 Å². The molecule has 70 valence electrons. The molecule has 0 saturated heterocycles. The van der Waals surface area contributed by atoms with Crippen LogP contribution in [-0.2, 0) is 9.53 Å². The molecule has 3 heteroatoms. The topological polar surface area (TPSA) is 26.3 Å². The molecule has 13 heavy (non-hydrogen) atoms. The number of benzene rings is 1. The molecule has 1 rings (SSSR count). The highest BCUT2D eigenvalue weighted by molar-refractivity contribution is 5.61. The van der Waals surface area contributed by atoms with E-state index >= 15 is 0 Å². The number of aldehydes is 1. The summed E-state index contributed by atoms with van der Waals surface area (Å²) >= 11 is 0. The first-order chi connectivity index (χ1) is 6.20. The number of rotatable bonds is 3. The van der Waals surface area contributed by atoms with Crippen LogP contribution in [0.4, 0.5) is 4.39 Å². The van der Waals surface area contributed by atoms with Gasteiger partial charge in [-0.15, -0.1) is 0 Å². The van der Waals surface area contributed by atoms with Gasteiger partial charge in [0, 0.05) is 7.11 Å². The van der Waals surface area contributed by atoms with E-state index in [1.807, 2.05) is 0 Å². The Morgan fingerprint density at radius 1 is 1.54 bits per heavy atom. The van der Waals surface area contributed by atoms with Crippen molar-refractivity contribution in [1.29, 1.82) is 0 Å². The third-order valence-electron chi connectivity index (χ3n) is 1.99. The van der Waals surface area contributed by atoms with Gasteiger partial charge in [-0.25, -0.2) is 4.39 Å². The Morgan fingerprint density at radius 2 is 2.23 bits per heavy atom. The van der Waals surface area contributed by atoms with Crippen LogP contribution in [0.5, 0.6) is 0 Å². The second kappa shape index (κ2) is 4.14. The van der Waals surface area contributed by atoms with Crippen molar-refractivity contribution in [2.45, 2.75) is 13.0 Å². The lowest BCUT2D eigenvalue weighted by atomic mass is 10.0. The van der Waals surface area contributed by atoms with Crippen LogP contribution >= 0.6 is 0 Å². The van der Waals surface area contributed by atoms with E-state index in [1.54, 1.807) is 19.1 Å². The predicted octanol–water partition coefficient (Wildman–Crippen LogP) is 2.02. The summed E-state index contributed by atoms with van der Waals surface area (Å²) in [5.74, 6) is -0.318. The minimum Gasteiger partial charge on any atom is -0.369 e. The molecule has 0 heterocycles. The number of carbonyl (C=O) groups excluding carboxylic acids is 1. The molecule has 0 spiro atoms. The average molecular weight is 182 g/mol. The first-order valence-electron chi connectivity index (χ1n) is 3.93. The van der Waals surface area contributed by atoms with Crippen LogP contribution in [0.3, 0.4) is 0 Å². The molecule has 1 aromatic carbocycles. The maximum Gasteiger partial charge on any atom is 0.153 e. The van der Waals surface area contributed by atoms with Gasteiger partial charge in [-0.1, -0.05) is 12.1 Å². The first kappa shape index (κ1) is 9.86. The molecule has 0 radical (unpaired) electrons. The van der Waals surface area contributed by atoms with E-state index in [2.05, 4.69) is 0 Å². The fourth-order valence-corrected chi connectivity index (χ4v) is 1.19. The van der Waals surface area contributed by atoms with E-state index in [9.17, 15) is 9.18 Å². The Balaban J connectivity index is 3.13. The van der Waals surface area contributed by atoms with Gasteiger partial charge in [0.05, 0.1) is 0 Å². The number of hydrogen-bond acceptors (Lipinski definition) is 2. The molecule has 0 aliphatic rings. The first-order valence-corrected chi connectivity index (χ1v) is 3.93. The van der Waals surface area contributed by atoms with Gasteiger partial charge >= 0.3 is 0 Å². The fourth-order valence-electron chi connectivity index (χ4n) is 1.19. The van der Waals surface area contributed by atoms with Crippen LogP contribution in [0.2, 0.25) is 0 Å². The third-order valence-corrected chi connectivity index (χ3v) is 1.99. The summed E-state index contributed by atoms with van der Waals surface area (Å²) < 4.78 is 17.9. The average Bonchev–Trinajstić information content (AvgIpc) is 2.14. The van der Waals surface area contributed by atoms with Gasteiger partial charge in [-0.3, -0.25) is 0 Å². The molecule has 0 fully saturated rings. The fraction of sp³-hybridized carbons (Fsp3) is 0.300. The van der Waals surface area contributed by atoms with Gasteiger partial charge in [0.1, 0.15) is 11.9 Å². The summed E-state index contributed by atoms with van der Waals surface area (Å²) in [5.41, 5.74) is 1.04. The Morgan fingerprint density at radius 3 is 2.77 bits per heavy atom. The third kappa shape index (κ3) is 1.92. The van der Waals surface area contributed by atoms with Gasteiger partial charge in [-0.2, -0.15) is 0 Å². The van der Waals surface area contributed by atoms with Crippen LogP contribution in [0.25, 0.3) is 0 Å². The van der Waals surface area contributed by atoms with Crippen molar-refractivity contribution in [1.82, 2.24) is 0 Å². The van der Waals surface area contributed by atoms with E-state index in [1.165, 1.54) is 13.2 Å². The lowest BCUT2D eigenvalue weighted by molar-refractivity contribution is -0.116. The molecule has 0 N–H and O–H groups in total. The van der Waals surface area contributed by atoms with Crippen molar-refractivity contribution in [2.24, 2.45) is 0 Å². The molecular formula is C10H11FO2. The van der Waals surface area contributed by atoms with Crippen LogP contribution in [0.15, 0.2) is 18.2 Å². The Bertz CT molecular complexity index is 310. The van der Waals surface area contributed by atoms with Crippen LogP contribution in [0, 0.1) is 12.7 Å². The number of methoxy groups -OCH3 is 1. The van der Waals surface area contributed by atoms with E-state index in [4.69, 9.17) is 4.74 Å². The van der Waals surface area contributed by atoms with E-state index < -0.39 is 6.10 Å². The van der Waals surface area contributed by atoms with Crippen molar-refractivity contribution in [3.63, 3.8) is 0 Å². The molecule has 1 atom stereocenters. The maximum absolute atomic E-state index is 13.0. The number of ether oxygens (including phenoxy) is 1. The summed E-state index contributed by atoms with van der Waals surface area (Å²) in [5, 5.41) is 0. The monoisotopic (exact) mass is 182 g/mol. The highest BCUT2D eigenvalue weighted by Gasteiger charge is 2.13. The summed E-state index contributed by atoms with van der Waals surface area (Å²) in [7, 11) is 1.42. The second-order valence-electron chi connectivity index (χ2n) is 2.75. The second-order valence-corrected chi connectivity index (χ2v) is 2.75.